The fraction of sp³-hybridized carbons (Fsp3) is 0.154. The molecule has 0 aliphatic rings. The molecule has 0 saturated heterocycles. The lowest BCUT2D eigenvalue weighted by Crippen LogP contribution is -2.32. The number of hydrogen-bond donors (Lipinski definition) is 3. The fourth-order valence-electron chi connectivity index (χ4n) is 1.53. The number of halogens is 2. The number of rotatable bonds is 4. The van der Waals surface area contributed by atoms with Crippen molar-refractivity contribution in [2.75, 3.05) is 11.9 Å². The van der Waals surface area contributed by atoms with Crippen molar-refractivity contribution in [1.82, 2.24) is 5.32 Å². The summed E-state index contributed by atoms with van der Waals surface area (Å²) in [4.78, 5) is 11.5. The number of urea groups is 1. The van der Waals surface area contributed by atoms with Crippen LogP contribution >= 0.6 is 0 Å². The smallest absolute Gasteiger partial charge is 0.319 e. The quantitative estimate of drug-likeness (QED) is 0.806. The van der Waals surface area contributed by atoms with E-state index in [1.54, 1.807) is 12.1 Å². The summed E-state index contributed by atoms with van der Waals surface area (Å²) in [5.74, 6) is -1.31. The lowest BCUT2D eigenvalue weighted by atomic mass is 10.3. The van der Waals surface area contributed by atoms with Crippen LogP contribution in [-0.4, -0.2) is 17.7 Å². The minimum absolute atomic E-state index is 0.109. The standard InChI is InChI=1S/C13H12F2N2O3/c14-8-3-4-10(9(15)6-8)17-13(19)16-7-11(18)12-2-1-5-20-12/h1-6,11,18H,7H2,(H2,16,17,19). The summed E-state index contributed by atoms with van der Waals surface area (Å²) in [5, 5.41) is 14.2. The van der Waals surface area contributed by atoms with Crippen molar-refractivity contribution in [1.29, 1.82) is 0 Å². The fourth-order valence-corrected chi connectivity index (χ4v) is 1.53. The number of carbonyl (C=O) groups excluding carboxylic acids is 1. The molecule has 0 bridgehead atoms. The van der Waals surface area contributed by atoms with E-state index < -0.39 is 23.8 Å². The number of aliphatic hydroxyl groups is 1. The van der Waals surface area contributed by atoms with Crippen molar-refractivity contribution in [2.45, 2.75) is 6.10 Å². The average molecular weight is 282 g/mol. The van der Waals surface area contributed by atoms with E-state index in [0.29, 0.717) is 11.8 Å². The molecule has 3 N–H and O–H groups in total. The summed E-state index contributed by atoms with van der Waals surface area (Å²) >= 11 is 0. The molecule has 20 heavy (non-hydrogen) atoms. The van der Waals surface area contributed by atoms with E-state index in [-0.39, 0.29) is 12.2 Å². The third-order valence-corrected chi connectivity index (χ3v) is 2.51. The highest BCUT2D eigenvalue weighted by atomic mass is 19.1. The predicted molar refractivity (Wildman–Crippen MR) is 67.0 cm³/mol. The Morgan fingerprint density at radius 2 is 2.15 bits per heavy atom. The summed E-state index contributed by atoms with van der Waals surface area (Å²) in [6.45, 7) is -0.109. The Morgan fingerprint density at radius 3 is 2.80 bits per heavy atom. The van der Waals surface area contributed by atoms with E-state index >= 15 is 0 Å². The Bertz CT molecular complexity index is 587. The molecule has 1 unspecified atom stereocenters. The molecule has 1 atom stereocenters. The van der Waals surface area contributed by atoms with E-state index in [4.69, 9.17) is 4.42 Å². The summed E-state index contributed by atoms with van der Waals surface area (Å²) in [7, 11) is 0. The Balaban J connectivity index is 1.86. The zero-order chi connectivity index (χ0) is 14.5. The van der Waals surface area contributed by atoms with E-state index in [2.05, 4.69) is 10.6 Å². The van der Waals surface area contributed by atoms with Crippen molar-refractivity contribution in [3.8, 4) is 0 Å². The maximum absolute atomic E-state index is 13.3. The summed E-state index contributed by atoms with van der Waals surface area (Å²) < 4.78 is 30.9. The Morgan fingerprint density at radius 1 is 1.35 bits per heavy atom. The zero-order valence-corrected chi connectivity index (χ0v) is 10.3. The number of benzene rings is 1. The van der Waals surface area contributed by atoms with Crippen LogP contribution in [0.4, 0.5) is 19.3 Å². The van der Waals surface area contributed by atoms with Gasteiger partial charge in [0.25, 0.3) is 0 Å². The van der Waals surface area contributed by atoms with Crippen LogP contribution in [0.1, 0.15) is 11.9 Å². The van der Waals surface area contributed by atoms with Crippen LogP contribution in [0.3, 0.4) is 0 Å². The molecular formula is C13H12F2N2O3. The van der Waals surface area contributed by atoms with Gasteiger partial charge in [0, 0.05) is 6.07 Å². The minimum Gasteiger partial charge on any atom is -0.467 e. The van der Waals surface area contributed by atoms with Crippen LogP contribution in [0.2, 0.25) is 0 Å². The molecule has 1 aromatic heterocycles. The molecule has 1 heterocycles. The molecule has 0 radical (unpaired) electrons. The van der Waals surface area contributed by atoms with Crippen molar-refractivity contribution in [3.63, 3.8) is 0 Å². The molecule has 2 aromatic rings. The highest BCUT2D eigenvalue weighted by Gasteiger charge is 2.13. The molecule has 7 heteroatoms. The van der Waals surface area contributed by atoms with Gasteiger partial charge in [-0.05, 0) is 24.3 Å². The molecule has 0 aliphatic carbocycles. The number of aliphatic hydroxyl groups excluding tert-OH is 1. The number of hydrogen-bond acceptors (Lipinski definition) is 3. The zero-order valence-electron chi connectivity index (χ0n) is 10.3. The summed E-state index contributed by atoms with van der Waals surface area (Å²) in [5.41, 5.74) is -0.156. The molecule has 106 valence electrons. The van der Waals surface area contributed by atoms with Crippen LogP contribution in [0.15, 0.2) is 41.0 Å². The minimum atomic E-state index is -1.01. The third-order valence-electron chi connectivity index (χ3n) is 2.51. The van der Waals surface area contributed by atoms with E-state index in [1.165, 1.54) is 6.26 Å². The first-order valence-corrected chi connectivity index (χ1v) is 5.77. The molecule has 0 spiro atoms. The van der Waals surface area contributed by atoms with E-state index in [9.17, 15) is 18.7 Å². The number of carbonyl (C=O) groups is 1. The highest BCUT2D eigenvalue weighted by molar-refractivity contribution is 5.89. The van der Waals surface area contributed by atoms with Crippen LogP contribution in [0.5, 0.6) is 0 Å². The molecule has 1 aromatic carbocycles. The van der Waals surface area contributed by atoms with Crippen LogP contribution < -0.4 is 10.6 Å². The lowest BCUT2D eigenvalue weighted by molar-refractivity contribution is 0.149. The second-order valence-corrected chi connectivity index (χ2v) is 3.99. The first-order valence-electron chi connectivity index (χ1n) is 5.77. The van der Waals surface area contributed by atoms with Crippen molar-refractivity contribution in [3.05, 3.63) is 54.0 Å². The Labute approximate surface area is 113 Å². The number of anilines is 1. The van der Waals surface area contributed by atoms with Crippen molar-refractivity contribution < 1.29 is 23.1 Å². The van der Waals surface area contributed by atoms with Crippen molar-refractivity contribution in [2.24, 2.45) is 0 Å². The van der Waals surface area contributed by atoms with Gasteiger partial charge in [-0.25, -0.2) is 13.6 Å². The molecule has 2 rings (SSSR count). The van der Waals surface area contributed by atoms with Gasteiger partial charge in [-0.1, -0.05) is 0 Å². The van der Waals surface area contributed by atoms with Crippen molar-refractivity contribution >= 4 is 11.7 Å². The maximum Gasteiger partial charge on any atom is 0.319 e. The van der Waals surface area contributed by atoms with Gasteiger partial charge in [-0.2, -0.15) is 0 Å². The van der Waals surface area contributed by atoms with Gasteiger partial charge >= 0.3 is 6.03 Å². The van der Waals surface area contributed by atoms with E-state index in [1.807, 2.05) is 0 Å². The molecule has 0 saturated carbocycles. The van der Waals surface area contributed by atoms with Gasteiger partial charge in [-0.3, -0.25) is 0 Å². The summed E-state index contributed by atoms with van der Waals surface area (Å²) in [6, 6.07) is 5.23. The largest absolute Gasteiger partial charge is 0.467 e. The van der Waals surface area contributed by atoms with Gasteiger partial charge in [0.15, 0.2) is 0 Å². The van der Waals surface area contributed by atoms with Gasteiger partial charge in [0.2, 0.25) is 0 Å². The Kier molecular flexibility index (Phi) is 4.31. The number of amides is 2. The van der Waals surface area contributed by atoms with Gasteiger partial charge in [0.1, 0.15) is 23.5 Å². The maximum atomic E-state index is 13.3. The molecular weight excluding hydrogens is 270 g/mol. The second-order valence-electron chi connectivity index (χ2n) is 3.99. The SMILES string of the molecule is O=C(NCC(O)c1ccco1)Nc1ccc(F)cc1F. The second kappa shape index (κ2) is 6.16. The first kappa shape index (κ1) is 14.0. The number of nitrogens with one attached hydrogen (secondary N) is 2. The molecule has 0 aliphatic heterocycles. The summed E-state index contributed by atoms with van der Waals surface area (Å²) in [6.07, 6.45) is 0.390. The van der Waals surface area contributed by atoms with Gasteiger partial charge in [-0.15, -0.1) is 0 Å². The van der Waals surface area contributed by atoms with Crippen LogP contribution in [0.25, 0.3) is 0 Å². The number of furan rings is 1. The molecule has 0 fully saturated rings. The van der Waals surface area contributed by atoms with Crippen LogP contribution in [-0.2, 0) is 0 Å². The van der Waals surface area contributed by atoms with Gasteiger partial charge in [0.05, 0.1) is 18.5 Å². The highest BCUT2D eigenvalue weighted by Crippen LogP contribution is 2.15. The Hall–Kier alpha value is -2.41. The predicted octanol–water partition coefficient (Wildman–Crippen LogP) is 2.41. The lowest BCUT2D eigenvalue weighted by Gasteiger charge is -2.11. The van der Waals surface area contributed by atoms with Crippen LogP contribution in [0, 0.1) is 11.6 Å². The first-order chi connectivity index (χ1) is 9.56. The normalized spacial score (nSPS) is 11.9. The van der Waals surface area contributed by atoms with E-state index in [0.717, 1.165) is 12.1 Å². The molecule has 2 amide bonds. The molecule has 5 nitrogen and oxygen atoms in total. The monoisotopic (exact) mass is 282 g/mol. The topological polar surface area (TPSA) is 74.5 Å². The van der Waals surface area contributed by atoms with Gasteiger partial charge < -0.3 is 20.2 Å². The average Bonchev–Trinajstić information content (AvgIpc) is 2.93. The third kappa shape index (κ3) is 3.55.